The summed E-state index contributed by atoms with van der Waals surface area (Å²) in [6.45, 7) is 3.87. The summed E-state index contributed by atoms with van der Waals surface area (Å²) < 4.78 is 5.27. The lowest BCUT2D eigenvalue weighted by Gasteiger charge is -2.29. The monoisotopic (exact) mass is 271 g/mol. The van der Waals surface area contributed by atoms with Crippen molar-refractivity contribution in [1.82, 2.24) is 4.90 Å². The summed E-state index contributed by atoms with van der Waals surface area (Å²) in [7, 11) is 0. The standard InChI is InChI=1S/C16H17NO3/c1-2-6-14-11-15(18)9-10-17(14)16(19)20-12-13-7-4-3-5-8-13/h2-5,7-10,14H,1,6,11-12H2/t14-/m1/s1. The normalized spacial score (nSPS) is 17.9. The van der Waals surface area contributed by atoms with E-state index in [1.165, 1.54) is 17.2 Å². The van der Waals surface area contributed by atoms with Crippen LogP contribution in [0.2, 0.25) is 0 Å². The second kappa shape index (κ2) is 6.70. The Balaban J connectivity index is 1.98. The molecular formula is C16H17NO3. The molecule has 4 nitrogen and oxygen atoms in total. The van der Waals surface area contributed by atoms with Gasteiger partial charge >= 0.3 is 6.09 Å². The van der Waals surface area contributed by atoms with Gasteiger partial charge in [0.2, 0.25) is 0 Å². The number of carbonyl (C=O) groups excluding carboxylic acids is 2. The van der Waals surface area contributed by atoms with Gasteiger partial charge in [-0.05, 0) is 18.1 Å². The number of ketones is 1. The molecular weight excluding hydrogens is 254 g/mol. The molecule has 2 rings (SSSR count). The zero-order valence-electron chi connectivity index (χ0n) is 11.2. The number of hydrogen-bond acceptors (Lipinski definition) is 3. The average Bonchev–Trinajstić information content (AvgIpc) is 2.46. The lowest BCUT2D eigenvalue weighted by molar-refractivity contribution is -0.116. The number of carbonyl (C=O) groups is 2. The third-order valence-corrected chi connectivity index (χ3v) is 3.11. The summed E-state index contributed by atoms with van der Waals surface area (Å²) in [4.78, 5) is 24.9. The van der Waals surface area contributed by atoms with E-state index in [2.05, 4.69) is 6.58 Å². The maximum absolute atomic E-state index is 12.1. The molecule has 1 aromatic carbocycles. The smallest absolute Gasteiger partial charge is 0.414 e. The van der Waals surface area contributed by atoms with Gasteiger partial charge in [-0.2, -0.15) is 0 Å². The number of hydrogen-bond donors (Lipinski definition) is 0. The summed E-state index contributed by atoms with van der Waals surface area (Å²) in [6.07, 6.45) is 5.04. The molecule has 0 aliphatic carbocycles. The predicted molar refractivity (Wildman–Crippen MR) is 75.8 cm³/mol. The van der Waals surface area contributed by atoms with Crippen LogP contribution in [-0.2, 0) is 16.1 Å². The molecule has 1 amide bonds. The van der Waals surface area contributed by atoms with Crippen molar-refractivity contribution >= 4 is 11.9 Å². The fourth-order valence-corrected chi connectivity index (χ4v) is 2.08. The zero-order valence-corrected chi connectivity index (χ0v) is 11.2. The van der Waals surface area contributed by atoms with Gasteiger partial charge in [-0.15, -0.1) is 6.58 Å². The van der Waals surface area contributed by atoms with Crippen LogP contribution in [0.3, 0.4) is 0 Å². The van der Waals surface area contributed by atoms with Crippen LogP contribution in [-0.4, -0.2) is 22.8 Å². The van der Waals surface area contributed by atoms with E-state index in [0.717, 1.165) is 5.56 Å². The van der Waals surface area contributed by atoms with Crippen LogP contribution in [0.15, 0.2) is 55.3 Å². The Hall–Kier alpha value is -2.36. The summed E-state index contributed by atoms with van der Waals surface area (Å²) in [6, 6.07) is 9.28. The van der Waals surface area contributed by atoms with Crippen LogP contribution in [0.5, 0.6) is 0 Å². The van der Waals surface area contributed by atoms with Crippen molar-refractivity contribution in [3.05, 3.63) is 60.8 Å². The molecule has 0 unspecified atom stereocenters. The van der Waals surface area contributed by atoms with Crippen molar-refractivity contribution in [2.45, 2.75) is 25.5 Å². The van der Waals surface area contributed by atoms with E-state index in [9.17, 15) is 9.59 Å². The first-order chi connectivity index (χ1) is 9.70. The van der Waals surface area contributed by atoms with Gasteiger partial charge in [0.15, 0.2) is 5.78 Å². The molecule has 0 saturated carbocycles. The molecule has 1 aromatic rings. The first kappa shape index (κ1) is 14.1. The molecule has 104 valence electrons. The number of nitrogens with zero attached hydrogens (tertiary/aromatic N) is 1. The zero-order chi connectivity index (χ0) is 14.4. The highest BCUT2D eigenvalue weighted by Crippen LogP contribution is 2.18. The van der Waals surface area contributed by atoms with Crippen molar-refractivity contribution < 1.29 is 14.3 Å². The summed E-state index contributed by atoms with van der Waals surface area (Å²) in [5.74, 6) is 0.0176. The molecule has 0 fully saturated rings. The van der Waals surface area contributed by atoms with Gasteiger partial charge in [0.1, 0.15) is 6.61 Å². The minimum atomic E-state index is -0.440. The molecule has 0 radical (unpaired) electrons. The van der Waals surface area contributed by atoms with E-state index in [-0.39, 0.29) is 18.4 Å². The molecule has 0 aromatic heterocycles. The second-order valence-corrected chi connectivity index (χ2v) is 4.61. The second-order valence-electron chi connectivity index (χ2n) is 4.61. The van der Waals surface area contributed by atoms with Gasteiger partial charge in [-0.3, -0.25) is 9.69 Å². The largest absolute Gasteiger partial charge is 0.444 e. The number of rotatable bonds is 4. The summed E-state index contributed by atoms with van der Waals surface area (Å²) in [5.41, 5.74) is 0.929. The van der Waals surface area contributed by atoms with E-state index >= 15 is 0 Å². The number of benzene rings is 1. The molecule has 1 atom stereocenters. The van der Waals surface area contributed by atoms with E-state index in [0.29, 0.717) is 12.8 Å². The maximum atomic E-state index is 12.1. The Morgan fingerprint density at radius 2 is 2.15 bits per heavy atom. The predicted octanol–water partition coefficient (Wildman–Crippen LogP) is 3.06. The van der Waals surface area contributed by atoms with Crippen LogP contribution < -0.4 is 0 Å². The first-order valence-electron chi connectivity index (χ1n) is 6.51. The Morgan fingerprint density at radius 1 is 1.40 bits per heavy atom. The van der Waals surface area contributed by atoms with Gasteiger partial charge in [0.05, 0.1) is 6.04 Å². The van der Waals surface area contributed by atoms with E-state index in [1.807, 2.05) is 30.3 Å². The average molecular weight is 271 g/mol. The van der Waals surface area contributed by atoms with Crippen LogP contribution in [0, 0.1) is 0 Å². The molecule has 20 heavy (non-hydrogen) atoms. The Labute approximate surface area is 118 Å². The van der Waals surface area contributed by atoms with Crippen LogP contribution >= 0.6 is 0 Å². The van der Waals surface area contributed by atoms with Gasteiger partial charge < -0.3 is 4.74 Å². The summed E-state index contributed by atoms with van der Waals surface area (Å²) >= 11 is 0. The summed E-state index contributed by atoms with van der Waals surface area (Å²) in [5, 5.41) is 0. The van der Waals surface area contributed by atoms with Gasteiger partial charge in [0, 0.05) is 12.6 Å². The molecule has 4 heteroatoms. The Bertz CT molecular complexity index is 522. The lowest BCUT2D eigenvalue weighted by atomic mass is 10.0. The highest BCUT2D eigenvalue weighted by molar-refractivity contribution is 5.92. The SMILES string of the molecule is C=CC[C@@H]1CC(=O)C=CN1C(=O)OCc1ccccc1. The van der Waals surface area contributed by atoms with E-state index in [1.54, 1.807) is 6.08 Å². The number of allylic oxidation sites excluding steroid dienone is 1. The molecule has 1 heterocycles. The molecule has 1 aliphatic heterocycles. The van der Waals surface area contributed by atoms with Crippen molar-refractivity contribution in [3.8, 4) is 0 Å². The van der Waals surface area contributed by atoms with Gasteiger partial charge in [-0.1, -0.05) is 36.4 Å². The maximum Gasteiger partial charge on any atom is 0.414 e. The van der Waals surface area contributed by atoms with Crippen molar-refractivity contribution in [2.75, 3.05) is 0 Å². The minimum absolute atomic E-state index is 0.0176. The third-order valence-electron chi connectivity index (χ3n) is 3.11. The van der Waals surface area contributed by atoms with E-state index < -0.39 is 6.09 Å². The lowest BCUT2D eigenvalue weighted by Crippen LogP contribution is -2.40. The quantitative estimate of drug-likeness (QED) is 0.791. The van der Waals surface area contributed by atoms with Crippen LogP contribution in [0.25, 0.3) is 0 Å². The van der Waals surface area contributed by atoms with Crippen molar-refractivity contribution in [1.29, 1.82) is 0 Å². The Morgan fingerprint density at radius 3 is 2.85 bits per heavy atom. The van der Waals surface area contributed by atoms with Crippen LogP contribution in [0.4, 0.5) is 4.79 Å². The molecule has 0 spiro atoms. The number of ether oxygens (including phenoxy) is 1. The van der Waals surface area contributed by atoms with Crippen molar-refractivity contribution in [3.63, 3.8) is 0 Å². The van der Waals surface area contributed by atoms with Crippen LogP contribution in [0.1, 0.15) is 18.4 Å². The third kappa shape index (κ3) is 3.57. The Kier molecular flexibility index (Phi) is 4.71. The molecule has 1 aliphatic rings. The highest BCUT2D eigenvalue weighted by atomic mass is 16.6. The fourth-order valence-electron chi connectivity index (χ4n) is 2.08. The van der Waals surface area contributed by atoms with Crippen molar-refractivity contribution in [2.24, 2.45) is 0 Å². The van der Waals surface area contributed by atoms with Gasteiger partial charge in [0.25, 0.3) is 0 Å². The fraction of sp³-hybridized carbons (Fsp3) is 0.250. The molecule has 0 N–H and O–H groups in total. The molecule has 0 bridgehead atoms. The van der Waals surface area contributed by atoms with E-state index in [4.69, 9.17) is 4.74 Å². The molecule has 0 saturated heterocycles. The van der Waals surface area contributed by atoms with Gasteiger partial charge in [-0.25, -0.2) is 4.79 Å². The topological polar surface area (TPSA) is 46.6 Å². The minimum Gasteiger partial charge on any atom is -0.444 e. The highest BCUT2D eigenvalue weighted by Gasteiger charge is 2.27. The first-order valence-corrected chi connectivity index (χ1v) is 6.51. The number of amides is 1.